The Morgan fingerprint density at radius 2 is 2.19 bits per heavy atom. The molecule has 0 aliphatic carbocycles. The highest BCUT2D eigenvalue weighted by Gasteiger charge is 2.34. The lowest BCUT2D eigenvalue weighted by atomic mass is 9.99. The average Bonchev–Trinajstić information content (AvgIpc) is 2.85. The van der Waals surface area contributed by atoms with E-state index in [9.17, 15) is 12.8 Å². The standard InChI is InChI=1S/C14H21FN2O3S/c1-11-6-12(15)8-13(7-11)21(18,19)17-9-14(10-20-2)4-3-5-16-14/h6-8,16-17H,3-5,9-10H2,1-2H3. The zero-order valence-electron chi connectivity index (χ0n) is 12.3. The van der Waals surface area contributed by atoms with Crippen molar-refractivity contribution in [1.29, 1.82) is 0 Å². The molecule has 0 amide bonds. The minimum Gasteiger partial charge on any atom is -0.383 e. The lowest BCUT2D eigenvalue weighted by Gasteiger charge is -2.28. The van der Waals surface area contributed by atoms with E-state index < -0.39 is 15.8 Å². The molecule has 7 heteroatoms. The summed E-state index contributed by atoms with van der Waals surface area (Å²) >= 11 is 0. The third kappa shape index (κ3) is 4.00. The Balaban J connectivity index is 2.13. The van der Waals surface area contributed by atoms with Gasteiger partial charge in [0.1, 0.15) is 5.82 Å². The number of hydrogen-bond donors (Lipinski definition) is 2. The van der Waals surface area contributed by atoms with E-state index in [-0.39, 0.29) is 17.0 Å². The van der Waals surface area contributed by atoms with E-state index in [0.717, 1.165) is 25.5 Å². The van der Waals surface area contributed by atoms with E-state index in [1.165, 1.54) is 12.1 Å². The van der Waals surface area contributed by atoms with Crippen molar-refractivity contribution < 1.29 is 17.5 Å². The fourth-order valence-corrected chi connectivity index (χ4v) is 3.89. The number of ether oxygens (including phenoxy) is 1. The summed E-state index contributed by atoms with van der Waals surface area (Å²) < 4.78 is 45.7. The van der Waals surface area contributed by atoms with Crippen molar-refractivity contribution in [1.82, 2.24) is 10.0 Å². The molecule has 2 N–H and O–H groups in total. The minimum absolute atomic E-state index is 0.0504. The molecule has 2 rings (SSSR count). The maximum absolute atomic E-state index is 13.4. The molecular formula is C14H21FN2O3S. The Morgan fingerprint density at radius 3 is 2.76 bits per heavy atom. The van der Waals surface area contributed by atoms with E-state index in [2.05, 4.69) is 10.0 Å². The Kier molecular flexibility index (Phi) is 4.98. The SMILES string of the molecule is COCC1(CNS(=O)(=O)c2cc(C)cc(F)c2)CCCN1. The molecule has 0 aromatic heterocycles. The molecule has 1 aliphatic rings. The molecule has 1 aromatic rings. The Bertz CT molecular complexity index is 578. The predicted molar refractivity (Wildman–Crippen MR) is 78.2 cm³/mol. The van der Waals surface area contributed by atoms with Gasteiger partial charge in [0.2, 0.25) is 10.0 Å². The third-order valence-electron chi connectivity index (χ3n) is 3.68. The van der Waals surface area contributed by atoms with E-state index >= 15 is 0 Å². The summed E-state index contributed by atoms with van der Waals surface area (Å²) in [7, 11) is -2.15. The van der Waals surface area contributed by atoms with Crippen molar-refractivity contribution in [3.63, 3.8) is 0 Å². The molecule has 0 spiro atoms. The molecule has 1 atom stereocenters. The molecule has 0 saturated carbocycles. The van der Waals surface area contributed by atoms with Gasteiger partial charge in [0, 0.05) is 13.7 Å². The fraction of sp³-hybridized carbons (Fsp3) is 0.571. The van der Waals surface area contributed by atoms with Gasteiger partial charge in [-0.15, -0.1) is 0 Å². The molecule has 1 aromatic carbocycles. The van der Waals surface area contributed by atoms with Crippen molar-refractivity contribution >= 4 is 10.0 Å². The van der Waals surface area contributed by atoms with Crippen LogP contribution in [-0.2, 0) is 14.8 Å². The van der Waals surface area contributed by atoms with E-state index in [1.54, 1.807) is 14.0 Å². The summed E-state index contributed by atoms with van der Waals surface area (Å²) in [6.07, 6.45) is 1.82. The highest BCUT2D eigenvalue weighted by atomic mass is 32.2. The molecule has 118 valence electrons. The molecule has 0 bridgehead atoms. The first-order valence-electron chi connectivity index (χ1n) is 6.88. The van der Waals surface area contributed by atoms with Crippen molar-refractivity contribution in [3.8, 4) is 0 Å². The van der Waals surface area contributed by atoms with Crippen LogP contribution in [0.15, 0.2) is 23.1 Å². The first-order chi connectivity index (χ1) is 9.87. The van der Waals surface area contributed by atoms with Gasteiger partial charge in [0.25, 0.3) is 0 Å². The lowest BCUT2D eigenvalue weighted by molar-refractivity contribution is 0.122. The number of benzene rings is 1. The van der Waals surface area contributed by atoms with Crippen LogP contribution in [0.2, 0.25) is 0 Å². The smallest absolute Gasteiger partial charge is 0.240 e. The molecule has 21 heavy (non-hydrogen) atoms. The molecule has 0 radical (unpaired) electrons. The number of hydrogen-bond acceptors (Lipinski definition) is 4. The summed E-state index contributed by atoms with van der Waals surface area (Å²) in [5, 5.41) is 3.29. The van der Waals surface area contributed by atoms with Crippen molar-refractivity contribution in [3.05, 3.63) is 29.6 Å². The zero-order valence-corrected chi connectivity index (χ0v) is 13.1. The van der Waals surface area contributed by atoms with Gasteiger partial charge in [-0.3, -0.25) is 0 Å². The Morgan fingerprint density at radius 1 is 1.43 bits per heavy atom. The van der Waals surface area contributed by atoms with E-state index in [1.807, 2.05) is 0 Å². The van der Waals surface area contributed by atoms with Gasteiger partial charge in [-0.25, -0.2) is 17.5 Å². The van der Waals surface area contributed by atoms with Crippen molar-refractivity contribution in [2.24, 2.45) is 0 Å². The van der Waals surface area contributed by atoms with Gasteiger partial charge in [0.15, 0.2) is 0 Å². The van der Waals surface area contributed by atoms with Crippen molar-refractivity contribution in [2.45, 2.75) is 30.2 Å². The second-order valence-electron chi connectivity index (χ2n) is 5.53. The number of methoxy groups -OCH3 is 1. The van der Waals surface area contributed by atoms with Crippen LogP contribution in [-0.4, -0.2) is 40.8 Å². The second kappa shape index (κ2) is 6.39. The lowest BCUT2D eigenvalue weighted by Crippen LogP contribution is -2.52. The van der Waals surface area contributed by atoms with Gasteiger partial charge < -0.3 is 10.1 Å². The Hall–Kier alpha value is -1.02. The third-order valence-corrected chi connectivity index (χ3v) is 5.06. The second-order valence-corrected chi connectivity index (χ2v) is 7.30. The molecule has 5 nitrogen and oxygen atoms in total. The Labute approximate surface area is 124 Å². The molecular weight excluding hydrogens is 295 g/mol. The van der Waals surface area contributed by atoms with E-state index in [4.69, 9.17) is 4.74 Å². The predicted octanol–water partition coefficient (Wildman–Crippen LogP) is 1.18. The molecule has 1 saturated heterocycles. The van der Waals surface area contributed by atoms with Gasteiger partial charge in [0.05, 0.1) is 17.0 Å². The monoisotopic (exact) mass is 316 g/mol. The summed E-state index contributed by atoms with van der Waals surface area (Å²) in [5.41, 5.74) is 0.186. The number of nitrogens with one attached hydrogen (secondary N) is 2. The number of halogens is 1. The van der Waals surface area contributed by atoms with Crippen LogP contribution < -0.4 is 10.0 Å². The van der Waals surface area contributed by atoms with Crippen LogP contribution in [0.3, 0.4) is 0 Å². The number of rotatable bonds is 6. The largest absolute Gasteiger partial charge is 0.383 e. The van der Waals surface area contributed by atoms with Crippen LogP contribution in [0.4, 0.5) is 4.39 Å². The minimum atomic E-state index is -3.73. The zero-order chi connectivity index (χ0) is 15.5. The van der Waals surface area contributed by atoms with Crippen LogP contribution >= 0.6 is 0 Å². The topological polar surface area (TPSA) is 67.4 Å². The van der Waals surface area contributed by atoms with Crippen LogP contribution in [0.25, 0.3) is 0 Å². The first kappa shape index (κ1) is 16.4. The highest BCUT2D eigenvalue weighted by Crippen LogP contribution is 2.20. The molecule has 1 aliphatic heterocycles. The normalized spacial score (nSPS) is 22.6. The maximum atomic E-state index is 13.4. The summed E-state index contributed by atoms with van der Waals surface area (Å²) in [4.78, 5) is -0.0504. The fourth-order valence-electron chi connectivity index (χ4n) is 2.64. The van der Waals surface area contributed by atoms with Gasteiger partial charge in [-0.05, 0) is 50.1 Å². The van der Waals surface area contributed by atoms with Crippen LogP contribution in [0.1, 0.15) is 18.4 Å². The van der Waals surface area contributed by atoms with Crippen molar-refractivity contribution in [2.75, 3.05) is 26.8 Å². The quantitative estimate of drug-likeness (QED) is 0.827. The van der Waals surface area contributed by atoms with Crippen LogP contribution in [0.5, 0.6) is 0 Å². The van der Waals surface area contributed by atoms with Gasteiger partial charge >= 0.3 is 0 Å². The van der Waals surface area contributed by atoms with Crippen LogP contribution in [0, 0.1) is 12.7 Å². The summed E-state index contributed by atoms with van der Waals surface area (Å²) in [5.74, 6) is -0.555. The van der Waals surface area contributed by atoms with E-state index in [0.29, 0.717) is 12.2 Å². The molecule has 1 unspecified atom stereocenters. The van der Waals surface area contributed by atoms with Gasteiger partial charge in [-0.2, -0.15) is 0 Å². The number of sulfonamides is 1. The maximum Gasteiger partial charge on any atom is 0.240 e. The average molecular weight is 316 g/mol. The number of aryl methyl sites for hydroxylation is 1. The summed E-state index contributed by atoms with van der Waals surface area (Å²) in [6, 6.07) is 3.78. The van der Waals surface area contributed by atoms with Gasteiger partial charge in [-0.1, -0.05) is 0 Å². The highest BCUT2D eigenvalue weighted by molar-refractivity contribution is 7.89. The first-order valence-corrected chi connectivity index (χ1v) is 8.36. The summed E-state index contributed by atoms with van der Waals surface area (Å²) in [6.45, 7) is 3.15. The molecule has 1 heterocycles. The molecule has 1 fully saturated rings.